The maximum atomic E-state index is 4.46. The van der Waals surface area contributed by atoms with E-state index in [9.17, 15) is 0 Å². The summed E-state index contributed by atoms with van der Waals surface area (Å²) in [6, 6.07) is 0. The number of hydrogen-bond acceptors (Lipinski definition) is 2. The average molecular weight is 355 g/mol. The van der Waals surface area contributed by atoms with E-state index < -0.39 is 0 Å². The van der Waals surface area contributed by atoms with Crippen molar-refractivity contribution in [3.63, 3.8) is 0 Å². The van der Waals surface area contributed by atoms with Crippen LogP contribution in [-0.4, -0.2) is 24.8 Å². The monoisotopic (exact) mass is 354 g/mol. The summed E-state index contributed by atoms with van der Waals surface area (Å²) in [4.78, 5) is 0. The van der Waals surface area contributed by atoms with Crippen molar-refractivity contribution < 1.29 is 0 Å². The molecule has 0 amide bonds. The largest absolute Gasteiger partial charge is 0.303 e. The molecule has 0 aromatic heterocycles. The second-order valence-electron chi connectivity index (χ2n) is 7.81. The van der Waals surface area contributed by atoms with Crippen molar-refractivity contribution >= 4 is 5.71 Å². The Balaban J connectivity index is 0. The molecule has 0 rings (SSSR count). The predicted molar refractivity (Wildman–Crippen MR) is 118 cm³/mol. The lowest BCUT2D eigenvalue weighted by Gasteiger charge is -2.13. The summed E-state index contributed by atoms with van der Waals surface area (Å²) in [5.74, 6) is 0.633. The van der Waals surface area contributed by atoms with Crippen LogP contribution >= 0.6 is 0 Å². The Kier molecular flexibility index (Phi) is 23.0. The molecule has 0 heterocycles. The summed E-state index contributed by atoms with van der Waals surface area (Å²) >= 11 is 0. The fourth-order valence-corrected chi connectivity index (χ4v) is 2.88. The third-order valence-corrected chi connectivity index (χ3v) is 4.77. The van der Waals surface area contributed by atoms with Gasteiger partial charge in [0.2, 0.25) is 0 Å². The topological polar surface area (TPSA) is 15.6 Å². The Bertz CT molecular complexity index is 265. The van der Waals surface area contributed by atoms with Crippen molar-refractivity contribution in [3.8, 4) is 0 Å². The minimum atomic E-state index is 0.633. The molecule has 1 unspecified atom stereocenters. The first kappa shape index (κ1) is 26.7. The molecule has 0 fully saturated rings. The quantitative estimate of drug-likeness (QED) is 0.165. The van der Waals surface area contributed by atoms with Crippen LogP contribution in [0.15, 0.2) is 5.10 Å². The van der Waals surface area contributed by atoms with E-state index >= 15 is 0 Å². The van der Waals surface area contributed by atoms with Crippen molar-refractivity contribution in [1.29, 1.82) is 0 Å². The molecule has 0 aliphatic carbocycles. The minimum Gasteiger partial charge on any atom is -0.303 e. The summed E-state index contributed by atoms with van der Waals surface area (Å²) < 4.78 is 0. The minimum absolute atomic E-state index is 0.633. The highest BCUT2D eigenvalue weighted by Crippen LogP contribution is 2.13. The summed E-state index contributed by atoms with van der Waals surface area (Å²) in [6.07, 6.45) is 19.6. The van der Waals surface area contributed by atoms with Crippen molar-refractivity contribution in [2.75, 3.05) is 14.1 Å². The third-order valence-electron chi connectivity index (χ3n) is 4.77. The van der Waals surface area contributed by atoms with Gasteiger partial charge < -0.3 is 5.01 Å². The first-order valence-corrected chi connectivity index (χ1v) is 11.2. The van der Waals surface area contributed by atoms with E-state index in [0.717, 1.165) is 0 Å². The lowest BCUT2D eigenvalue weighted by atomic mass is 9.98. The first-order valence-electron chi connectivity index (χ1n) is 11.2. The maximum absolute atomic E-state index is 4.46. The van der Waals surface area contributed by atoms with E-state index in [2.05, 4.69) is 39.7 Å². The molecule has 152 valence electrons. The Morgan fingerprint density at radius 2 is 1.04 bits per heavy atom. The van der Waals surface area contributed by atoms with Gasteiger partial charge in [-0.15, -0.1) is 0 Å². The van der Waals surface area contributed by atoms with Crippen LogP contribution in [0.4, 0.5) is 0 Å². The molecule has 1 atom stereocenters. The molecule has 0 spiro atoms. The standard InChI is InChI=1S/C14H30N2.C9H20/c1-6-7-8-9-10-11-12-13(2)14(3)15-16(4)5;1-3-5-7-9-8-6-4-2/h13H,6-12H2,1-5H3;3-9H2,1-2H3/b15-14+;. The van der Waals surface area contributed by atoms with Crippen molar-refractivity contribution in [2.45, 2.75) is 125 Å². The average Bonchev–Trinajstić information content (AvgIpc) is 2.57. The second-order valence-corrected chi connectivity index (χ2v) is 7.81. The van der Waals surface area contributed by atoms with E-state index in [0.29, 0.717) is 5.92 Å². The van der Waals surface area contributed by atoms with Gasteiger partial charge in [0.15, 0.2) is 0 Å². The van der Waals surface area contributed by atoms with Crippen molar-refractivity contribution in [2.24, 2.45) is 11.0 Å². The molecule has 0 radical (unpaired) electrons. The molecule has 0 aliphatic rings. The Labute approximate surface area is 160 Å². The Hall–Kier alpha value is -0.530. The van der Waals surface area contributed by atoms with Gasteiger partial charge in [0.25, 0.3) is 0 Å². The van der Waals surface area contributed by atoms with Gasteiger partial charge in [-0.3, -0.25) is 0 Å². The van der Waals surface area contributed by atoms with Crippen LogP contribution in [0.3, 0.4) is 0 Å². The van der Waals surface area contributed by atoms with Crippen LogP contribution in [0.1, 0.15) is 125 Å². The second kappa shape index (κ2) is 21.5. The third kappa shape index (κ3) is 23.5. The van der Waals surface area contributed by atoms with Crippen LogP contribution in [0.2, 0.25) is 0 Å². The van der Waals surface area contributed by atoms with E-state index in [1.807, 2.05) is 19.1 Å². The van der Waals surface area contributed by atoms with Gasteiger partial charge in [-0.2, -0.15) is 5.10 Å². The fraction of sp³-hybridized carbons (Fsp3) is 0.957. The summed E-state index contributed by atoms with van der Waals surface area (Å²) in [5.41, 5.74) is 1.26. The normalized spacial score (nSPS) is 12.5. The molecule has 0 saturated heterocycles. The Morgan fingerprint density at radius 1 is 0.680 bits per heavy atom. The van der Waals surface area contributed by atoms with Crippen molar-refractivity contribution in [3.05, 3.63) is 0 Å². The number of unbranched alkanes of at least 4 members (excludes halogenated alkanes) is 11. The summed E-state index contributed by atoms with van der Waals surface area (Å²) in [6.45, 7) is 11.2. The molecule has 2 nitrogen and oxygen atoms in total. The highest BCUT2D eigenvalue weighted by molar-refractivity contribution is 5.83. The van der Waals surface area contributed by atoms with Gasteiger partial charge in [0.05, 0.1) is 0 Å². The van der Waals surface area contributed by atoms with E-state index in [1.165, 1.54) is 95.6 Å². The number of hydrogen-bond donors (Lipinski definition) is 0. The van der Waals surface area contributed by atoms with E-state index in [4.69, 9.17) is 0 Å². The maximum Gasteiger partial charge on any atom is 0.0377 e. The molecule has 0 saturated carbocycles. The van der Waals surface area contributed by atoms with Gasteiger partial charge >= 0.3 is 0 Å². The lowest BCUT2D eigenvalue weighted by Crippen LogP contribution is -2.13. The van der Waals surface area contributed by atoms with Crippen LogP contribution in [0, 0.1) is 5.92 Å². The van der Waals surface area contributed by atoms with Gasteiger partial charge in [-0.1, -0.05) is 111 Å². The summed E-state index contributed by atoms with van der Waals surface area (Å²) in [5, 5.41) is 6.35. The van der Waals surface area contributed by atoms with Gasteiger partial charge in [0, 0.05) is 19.8 Å². The van der Waals surface area contributed by atoms with Crippen LogP contribution < -0.4 is 0 Å². The molecule has 0 aromatic rings. The molecule has 0 aromatic carbocycles. The molecule has 0 N–H and O–H groups in total. The van der Waals surface area contributed by atoms with Crippen molar-refractivity contribution in [1.82, 2.24) is 5.01 Å². The highest BCUT2D eigenvalue weighted by Gasteiger charge is 2.05. The zero-order valence-electron chi connectivity index (χ0n) is 18.9. The zero-order chi connectivity index (χ0) is 19.3. The predicted octanol–water partition coefficient (Wildman–Crippen LogP) is 8.07. The highest BCUT2D eigenvalue weighted by atomic mass is 15.4. The number of nitrogens with zero attached hydrogens (tertiary/aromatic N) is 2. The SMILES string of the molecule is CCCCCCCCC.CCCCCCCCC(C)/C(C)=N/N(C)C. The van der Waals surface area contributed by atoms with E-state index in [1.54, 1.807) is 0 Å². The molecule has 25 heavy (non-hydrogen) atoms. The number of hydrazone groups is 1. The van der Waals surface area contributed by atoms with Gasteiger partial charge in [0.1, 0.15) is 0 Å². The fourth-order valence-electron chi connectivity index (χ4n) is 2.88. The Morgan fingerprint density at radius 3 is 1.40 bits per heavy atom. The van der Waals surface area contributed by atoms with Gasteiger partial charge in [-0.25, -0.2) is 0 Å². The molecule has 2 heteroatoms. The first-order chi connectivity index (χ1) is 12.0. The van der Waals surface area contributed by atoms with Crippen LogP contribution in [-0.2, 0) is 0 Å². The van der Waals surface area contributed by atoms with E-state index in [-0.39, 0.29) is 0 Å². The number of rotatable bonds is 15. The van der Waals surface area contributed by atoms with Crippen LogP contribution in [0.25, 0.3) is 0 Å². The molecule has 0 aliphatic heterocycles. The lowest BCUT2D eigenvalue weighted by molar-refractivity contribution is 0.430. The van der Waals surface area contributed by atoms with Gasteiger partial charge in [-0.05, 0) is 19.3 Å². The van der Waals surface area contributed by atoms with Crippen LogP contribution in [0.5, 0.6) is 0 Å². The molecule has 0 bridgehead atoms. The summed E-state index contributed by atoms with van der Waals surface area (Å²) in [7, 11) is 3.97. The zero-order valence-corrected chi connectivity index (χ0v) is 18.9. The smallest absolute Gasteiger partial charge is 0.0377 e. The molecular formula is C23H50N2. The molecular weight excluding hydrogens is 304 g/mol.